The van der Waals surface area contributed by atoms with Crippen LogP contribution in [0.4, 0.5) is 0 Å². The molecule has 8 rings (SSSR count). The monoisotopic (exact) mass is 585 g/mol. The summed E-state index contributed by atoms with van der Waals surface area (Å²) in [4.78, 5) is 10.2. The number of nitrogens with one attached hydrogen (secondary N) is 1. The van der Waals surface area contributed by atoms with E-state index in [2.05, 4.69) is 180 Å². The molecule has 1 N–H and O–H groups in total. The van der Waals surface area contributed by atoms with Crippen LogP contribution in [0, 0.1) is 0 Å². The van der Waals surface area contributed by atoms with Crippen molar-refractivity contribution in [3.05, 3.63) is 180 Å². The van der Waals surface area contributed by atoms with Gasteiger partial charge in [0, 0.05) is 47.8 Å². The third kappa shape index (κ3) is 4.18. The number of aromatic nitrogens is 1. The van der Waals surface area contributed by atoms with Gasteiger partial charge in [-0.15, -0.1) is 10.0 Å². The molecule has 4 heteroatoms. The Kier molecular flexibility index (Phi) is 6.62. The maximum absolute atomic E-state index is 5.13. The Balaban J connectivity index is 1.48. The van der Waals surface area contributed by atoms with Gasteiger partial charge in [-0.3, -0.25) is 4.99 Å². The standard InChI is InChI=1S/C40H31N3S/c1-5-15-30(16-6-1)40-39(28-41-29-42-40)44(32-19-9-3-10-20-32,33-21-11-4-12-22-33)34-25-26-38-36(27-34)35-23-13-14-24-37(35)43(38)31-17-7-2-8-18-31/h1-28,41H,29H2. The molecule has 6 aromatic carbocycles. The second kappa shape index (κ2) is 11.1. The van der Waals surface area contributed by atoms with Gasteiger partial charge in [0.15, 0.2) is 0 Å². The highest BCUT2D eigenvalue weighted by molar-refractivity contribution is 8.37. The van der Waals surface area contributed by atoms with E-state index in [4.69, 9.17) is 4.99 Å². The average molecular weight is 586 g/mol. The third-order valence-corrected chi connectivity index (χ3v) is 12.3. The fourth-order valence-electron chi connectivity index (χ4n) is 6.51. The minimum absolute atomic E-state index is 0.552. The van der Waals surface area contributed by atoms with E-state index in [0.717, 1.165) is 17.0 Å². The molecular formula is C40H31N3S. The van der Waals surface area contributed by atoms with Gasteiger partial charge in [-0.2, -0.15) is 0 Å². The molecule has 0 amide bonds. The van der Waals surface area contributed by atoms with Crippen molar-refractivity contribution in [2.75, 3.05) is 6.67 Å². The summed E-state index contributed by atoms with van der Waals surface area (Å²) < 4.78 is 2.38. The quantitative estimate of drug-likeness (QED) is 0.207. The van der Waals surface area contributed by atoms with Crippen molar-refractivity contribution in [2.45, 2.75) is 14.7 Å². The fraction of sp³-hybridized carbons (Fsp3) is 0.0250. The predicted octanol–water partition coefficient (Wildman–Crippen LogP) is 9.96. The Bertz CT molecular complexity index is 2110. The SMILES string of the molecule is C1=C(S(c2ccccc2)(c2ccccc2)c2ccc3c(c2)c2ccccc2n3-c2ccccc2)C(c2ccccc2)=NCN1. The van der Waals surface area contributed by atoms with Gasteiger partial charge in [0.1, 0.15) is 6.67 Å². The van der Waals surface area contributed by atoms with Gasteiger partial charge in [0.2, 0.25) is 0 Å². The van der Waals surface area contributed by atoms with Crippen LogP contribution in [0.5, 0.6) is 0 Å². The number of nitrogens with zero attached hydrogens (tertiary/aromatic N) is 2. The molecular weight excluding hydrogens is 555 g/mol. The van der Waals surface area contributed by atoms with Crippen LogP contribution in [0.3, 0.4) is 0 Å². The maximum atomic E-state index is 5.13. The van der Waals surface area contributed by atoms with E-state index in [1.54, 1.807) is 0 Å². The number of para-hydroxylation sites is 2. The number of allylic oxidation sites excluding steroid dienone is 1. The number of hydrogen-bond acceptors (Lipinski definition) is 2. The van der Waals surface area contributed by atoms with Gasteiger partial charge in [-0.25, -0.2) is 0 Å². The zero-order chi connectivity index (χ0) is 29.3. The molecule has 0 spiro atoms. The maximum Gasteiger partial charge on any atom is 0.108 e. The van der Waals surface area contributed by atoms with Crippen molar-refractivity contribution in [1.29, 1.82) is 0 Å². The lowest BCUT2D eigenvalue weighted by molar-refractivity contribution is 0.870. The van der Waals surface area contributed by atoms with E-state index < -0.39 is 10.0 Å². The first-order valence-electron chi connectivity index (χ1n) is 14.9. The zero-order valence-electron chi connectivity index (χ0n) is 24.2. The molecule has 0 saturated heterocycles. The average Bonchev–Trinajstić information content (AvgIpc) is 3.44. The fourth-order valence-corrected chi connectivity index (χ4v) is 10.5. The molecule has 0 unspecified atom stereocenters. The van der Waals surface area contributed by atoms with Crippen LogP contribution in [0.15, 0.2) is 195 Å². The van der Waals surface area contributed by atoms with E-state index in [1.807, 2.05) is 0 Å². The molecule has 1 aliphatic heterocycles. The van der Waals surface area contributed by atoms with Crippen molar-refractivity contribution in [3.63, 3.8) is 0 Å². The minimum Gasteiger partial charge on any atom is -0.371 e. The van der Waals surface area contributed by atoms with Crippen LogP contribution in [-0.4, -0.2) is 16.9 Å². The molecule has 3 nitrogen and oxygen atoms in total. The summed E-state index contributed by atoms with van der Waals surface area (Å²) in [7, 11) is -1.99. The van der Waals surface area contributed by atoms with Gasteiger partial charge in [0.05, 0.1) is 16.7 Å². The van der Waals surface area contributed by atoms with Crippen molar-refractivity contribution < 1.29 is 0 Å². The first kappa shape index (κ1) is 26.3. The Morgan fingerprint density at radius 2 is 1.09 bits per heavy atom. The number of aliphatic imine (C=N–C) groups is 1. The lowest BCUT2D eigenvalue weighted by Crippen LogP contribution is -2.24. The van der Waals surface area contributed by atoms with Crippen LogP contribution < -0.4 is 5.32 Å². The van der Waals surface area contributed by atoms with Crippen LogP contribution in [0.2, 0.25) is 0 Å². The number of hydrogen-bond donors (Lipinski definition) is 1. The summed E-state index contributed by atoms with van der Waals surface area (Å²) in [5.74, 6) is 0. The van der Waals surface area contributed by atoms with Crippen LogP contribution >= 0.6 is 10.0 Å². The highest BCUT2D eigenvalue weighted by Crippen LogP contribution is 2.74. The summed E-state index contributed by atoms with van der Waals surface area (Å²) in [6, 6.07) is 59.2. The highest BCUT2D eigenvalue weighted by Gasteiger charge is 2.39. The van der Waals surface area contributed by atoms with Crippen LogP contribution in [0.25, 0.3) is 27.5 Å². The molecule has 0 bridgehead atoms. The first-order chi connectivity index (χ1) is 21.9. The summed E-state index contributed by atoms with van der Waals surface area (Å²) in [6.07, 6.45) is 2.22. The Morgan fingerprint density at radius 3 is 1.77 bits per heavy atom. The lowest BCUT2D eigenvalue weighted by atomic mass is 10.1. The van der Waals surface area contributed by atoms with Gasteiger partial charge >= 0.3 is 0 Å². The number of fused-ring (bicyclic) bond motifs is 3. The van der Waals surface area contributed by atoms with Gasteiger partial charge in [0.25, 0.3) is 0 Å². The summed E-state index contributed by atoms with van der Waals surface area (Å²) in [6.45, 7) is 0.552. The lowest BCUT2D eigenvalue weighted by Gasteiger charge is -2.44. The van der Waals surface area contributed by atoms with Crippen molar-refractivity contribution in [3.8, 4) is 5.69 Å². The molecule has 2 heterocycles. The van der Waals surface area contributed by atoms with Gasteiger partial charge in [-0.1, -0.05) is 103 Å². The molecule has 0 aliphatic carbocycles. The third-order valence-electron chi connectivity index (χ3n) is 8.38. The molecule has 1 aromatic heterocycles. The first-order valence-corrected chi connectivity index (χ1v) is 16.5. The smallest absolute Gasteiger partial charge is 0.108 e. The second-order valence-corrected chi connectivity index (χ2v) is 13.9. The number of benzene rings is 6. The molecule has 7 aromatic rings. The van der Waals surface area contributed by atoms with Crippen molar-refractivity contribution >= 4 is 37.5 Å². The van der Waals surface area contributed by atoms with E-state index >= 15 is 0 Å². The summed E-state index contributed by atoms with van der Waals surface area (Å²) in [5, 5.41) is 6.00. The molecule has 0 radical (unpaired) electrons. The minimum atomic E-state index is -1.99. The second-order valence-electron chi connectivity index (χ2n) is 10.8. The van der Waals surface area contributed by atoms with Gasteiger partial charge in [-0.05, 0) is 60.7 Å². The largest absolute Gasteiger partial charge is 0.371 e. The zero-order valence-corrected chi connectivity index (χ0v) is 25.0. The molecule has 0 saturated carbocycles. The molecule has 44 heavy (non-hydrogen) atoms. The molecule has 0 atom stereocenters. The Labute approximate surface area is 259 Å². The predicted molar refractivity (Wildman–Crippen MR) is 185 cm³/mol. The van der Waals surface area contributed by atoms with E-state index in [9.17, 15) is 0 Å². The van der Waals surface area contributed by atoms with Crippen LogP contribution in [0.1, 0.15) is 5.56 Å². The number of rotatable bonds is 6. The molecule has 212 valence electrons. The highest BCUT2D eigenvalue weighted by atomic mass is 32.3. The van der Waals surface area contributed by atoms with Crippen molar-refractivity contribution in [2.24, 2.45) is 4.99 Å². The van der Waals surface area contributed by atoms with E-state index in [-0.39, 0.29) is 0 Å². The van der Waals surface area contributed by atoms with E-state index in [0.29, 0.717) is 6.67 Å². The van der Waals surface area contributed by atoms with E-state index in [1.165, 1.54) is 41.4 Å². The van der Waals surface area contributed by atoms with Gasteiger partial charge < -0.3 is 9.88 Å². The molecule has 1 aliphatic rings. The topological polar surface area (TPSA) is 29.3 Å². The summed E-state index contributed by atoms with van der Waals surface area (Å²) >= 11 is 0. The van der Waals surface area contributed by atoms with Crippen molar-refractivity contribution in [1.82, 2.24) is 9.88 Å². The van der Waals surface area contributed by atoms with Crippen LogP contribution in [-0.2, 0) is 0 Å². The molecule has 0 fully saturated rings. The Morgan fingerprint density at radius 1 is 0.523 bits per heavy atom. The summed E-state index contributed by atoms with van der Waals surface area (Å²) in [5.41, 5.74) is 5.73. The Hall–Kier alpha value is -5.32. The normalized spacial score (nSPS) is 13.7.